The molecule has 0 bridgehead atoms. The maximum absolute atomic E-state index is 11.5. The second-order valence-electron chi connectivity index (χ2n) is 7.96. The summed E-state index contributed by atoms with van der Waals surface area (Å²) in [5, 5.41) is 7.64. The third-order valence-electron chi connectivity index (χ3n) is 5.56. The molecule has 1 saturated heterocycles. The Labute approximate surface area is 177 Å². The van der Waals surface area contributed by atoms with Gasteiger partial charge in [0.05, 0.1) is 12.2 Å². The number of carbonyl (C=O) groups is 1. The van der Waals surface area contributed by atoms with Crippen molar-refractivity contribution in [2.45, 2.75) is 33.6 Å². The molecule has 156 valence electrons. The van der Waals surface area contributed by atoms with Crippen LogP contribution in [0.1, 0.15) is 40.7 Å². The minimum Gasteiger partial charge on any atom is -0.354 e. The first-order valence-electron chi connectivity index (χ1n) is 10.6. The number of aryl methyl sites for hydroxylation is 3. The van der Waals surface area contributed by atoms with Crippen LogP contribution in [0.3, 0.4) is 0 Å². The first-order chi connectivity index (χ1) is 14.5. The molecule has 6 nitrogen and oxygen atoms in total. The maximum atomic E-state index is 11.5. The Morgan fingerprint density at radius 1 is 1.20 bits per heavy atom. The molecule has 1 aliphatic rings. The molecular weight excluding hydrogens is 374 g/mol. The zero-order valence-corrected chi connectivity index (χ0v) is 18.0. The van der Waals surface area contributed by atoms with Crippen LogP contribution in [-0.2, 0) is 17.6 Å². The van der Waals surface area contributed by atoms with Crippen molar-refractivity contribution in [1.29, 1.82) is 0 Å². The summed E-state index contributed by atoms with van der Waals surface area (Å²) in [6.45, 7) is 9.17. The van der Waals surface area contributed by atoms with Gasteiger partial charge in [0.2, 0.25) is 5.91 Å². The van der Waals surface area contributed by atoms with E-state index in [0.29, 0.717) is 6.54 Å². The number of nitrogens with zero attached hydrogens (tertiary/aromatic N) is 4. The summed E-state index contributed by atoms with van der Waals surface area (Å²) in [4.78, 5) is 18.4. The van der Waals surface area contributed by atoms with Crippen LogP contribution < -0.4 is 5.32 Å². The molecule has 0 radical (unpaired) electrons. The fourth-order valence-corrected chi connectivity index (χ4v) is 4.01. The summed E-state index contributed by atoms with van der Waals surface area (Å²) in [6, 6.07) is 10.7. The van der Waals surface area contributed by atoms with E-state index >= 15 is 0 Å². The highest BCUT2D eigenvalue weighted by molar-refractivity contribution is 5.78. The van der Waals surface area contributed by atoms with Crippen LogP contribution in [0.5, 0.6) is 0 Å². The van der Waals surface area contributed by atoms with Crippen molar-refractivity contribution >= 4 is 17.6 Å². The topological polar surface area (TPSA) is 62.5 Å². The van der Waals surface area contributed by atoms with Crippen molar-refractivity contribution in [3.8, 4) is 0 Å². The van der Waals surface area contributed by atoms with E-state index in [2.05, 4.69) is 66.5 Å². The Morgan fingerprint density at radius 2 is 2.00 bits per heavy atom. The molecule has 1 fully saturated rings. The van der Waals surface area contributed by atoms with E-state index in [-0.39, 0.29) is 5.91 Å². The van der Waals surface area contributed by atoms with Crippen molar-refractivity contribution in [1.82, 2.24) is 24.8 Å². The number of hydrogen-bond donors (Lipinski definition) is 1. The van der Waals surface area contributed by atoms with E-state index in [0.717, 1.165) is 55.2 Å². The zero-order valence-electron chi connectivity index (χ0n) is 18.0. The van der Waals surface area contributed by atoms with Gasteiger partial charge in [-0.1, -0.05) is 43.3 Å². The lowest BCUT2D eigenvalue weighted by Crippen LogP contribution is -2.47. The number of nitrogens with one attached hydrogen (secondary N) is 1. The van der Waals surface area contributed by atoms with Gasteiger partial charge in [-0.25, -0.2) is 9.50 Å². The van der Waals surface area contributed by atoms with Crippen LogP contribution in [-0.4, -0.2) is 51.6 Å². The van der Waals surface area contributed by atoms with E-state index in [1.54, 1.807) is 0 Å². The molecule has 1 N–H and O–H groups in total. The fraction of sp³-hybridized carbons (Fsp3) is 0.375. The Kier molecular flexibility index (Phi) is 5.95. The van der Waals surface area contributed by atoms with Gasteiger partial charge in [-0.3, -0.25) is 9.69 Å². The molecule has 0 atom stereocenters. The molecule has 3 heterocycles. The standard InChI is InChI=1S/C24H29N5O/c1-4-22-21(24-26-17(2)14-18(3)29(24)27-22)15-20-9-7-19(8-10-20)6-5-12-28-13-11-25-23(30)16-28/h5-10,14H,4,11-13,15-16H2,1-3H3,(H,25,30)/b6-5+. The first-order valence-corrected chi connectivity index (χ1v) is 10.6. The minimum atomic E-state index is 0.109. The van der Waals surface area contributed by atoms with Crippen LogP contribution in [0.2, 0.25) is 0 Å². The second-order valence-corrected chi connectivity index (χ2v) is 7.96. The van der Waals surface area contributed by atoms with Crippen molar-refractivity contribution < 1.29 is 4.79 Å². The Balaban J connectivity index is 1.47. The molecule has 1 amide bonds. The highest BCUT2D eigenvalue weighted by Crippen LogP contribution is 2.21. The smallest absolute Gasteiger partial charge is 0.234 e. The maximum Gasteiger partial charge on any atom is 0.234 e. The van der Waals surface area contributed by atoms with Crippen LogP contribution >= 0.6 is 0 Å². The summed E-state index contributed by atoms with van der Waals surface area (Å²) in [5.74, 6) is 0.109. The Bertz CT molecular complexity index is 1080. The van der Waals surface area contributed by atoms with Gasteiger partial charge < -0.3 is 5.32 Å². The van der Waals surface area contributed by atoms with E-state index in [9.17, 15) is 4.79 Å². The number of aromatic nitrogens is 3. The Hall–Kier alpha value is -2.99. The molecule has 1 aromatic carbocycles. The van der Waals surface area contributed by atoms with Gasteiger partial charge in [0.15, 0.2) is 5.65 Å². The molecule has 1 aliphatic heterocycles. The largest absolute Gasteiger partial charge is 0.354 e. The van der Waals surface area contributed by atoms with Crippen LogP contribution in [0, 0.1) is 13.8 Å². The van der Waals surface area contributed by atoms with Crippen molar-refractivity contribution in [2.75, 3.05) is 26.2 Å². The highest BCUT2D eigenvalue weighted by atomic mass is 16.2. The zero-order chi connectivity index (χ0) is 21.1. The number of benzene rings is 1. The van der Waals surface area contributed by atoms with E-state index in [4.69, 9.17) is 10.1 Å². The minimum absolute atomic E-state index is 0.109. The molecule has 2 aromatic heterocycles. The van der Waals surface area contributed by atoms with Gasteiger partial charge in [-0.05, 0) is 37.5 Å². The molecule has 0 saturated carbocycles. The van der Waals surface area contributed by atoms with Crippen LogP contribution in [0.4, 0.5) is 0 Å². The lowest BCUT2D eigenvalue weighted by atomic mass is 10.0. The molecule has 0 unspecified atom stereocenters. The molecule has 3 aromatic rings. The molecular formula is C24H29N5O. The van der Waals surface area contributed by atoms with Gasteiger partial charge in [-0.2, -0.15) is 5.10 Å². The average Bonchev–Trinajstić information content (AvgIpc) is 3.07. The van der Waals surface area contributed by atoms with Crippen molar-refractivity contribution in [2.24, 2.45) is 0 Å². The second kappa shape index (κ2) is 8.79. The summed E-state index contributed by atoms with van der Waals surface area (Å²) in [7, 11) is 0. The van der Waals surface area contributed by atoms with Crippen LogP contribution in [0.25, 0.3) is 11.7 Å². The van der Waals surface area contributed by atoms with Gasteiger partial charge in [0, 0.05) is 43.0 Å². The number of carbonyl (C=O) groups excluding carboxylic acids is 1. The lowest BCUT2D eigenvalue weighted by Gasteiger charge is -2.24. The average molecular weight is 404 g/mol. The summed E-state index contributed by atoms with van der Waals surface area (Å²) in [5.41, 5.74) is 7.87. The number of piperazine rings is 1. The van der Waals surface area contributed by atoms with Crippen molar-refractivity contribution in [3.05, 3.63) is 70.2 Å². The fourth-order valence-electron chi connectivity index (χ4n) is 4.01. The van der Waals surface area contributed by atoms with E-state index in [1.807, 2.05) is 11.4 Å². The molecule has 0 aliphatic carbocycles. The van der Waals surface area contributed by atoms with E-state index in [1.165, 1.54) is 16.7 Å². The SMILES string of the molecule is CCc1nn2c(C)cc(C)nc2c1Cc1ccc(/C=C/CN2CCNC(=O)C2)cc1. The quantitative estimate of drug-likeness (QED) is 0.687. The lowest BCUT2D eigenvalue weighted by molar-refractivity contribution is -0.123. The third kappa shape index (κ3) is 4.44. The van der Waals surface area contributed by atoms with Gasteiger partial charge in [0.25, 0.3) is 0 Å². The first kappa shape index (κ1) is 20.3. The van der Waals surface area contributed by atoms with E-state index < -0.39 is 0 Å². The normalized spacial score (nSPS) is 15.2. The predicted octanol–water partition coefficient (Wildman–Crippen LogP) is 2.94. The van der Waals surface area contributed by atoms with Gasteiger partial charge in [0.1, 0.15) is 0 Å². The predicted molar refractivity (Wildman–Crippen MR) is 120 cm³/mol. The Morgan fingerprint density at radius 3 is 2.73 bits per heavy atom. The van der Waals surface area contributed by atoms with Gasteiger partial charge >= 0.3 is 0 Å². The third-order valence-corrected chi connectivity index (χ3v) is 5.56. The molecule has 30 heavy (non-hydrogen) atoms. The molecule has 4 rings (SSSR count). The number of rotatable bonds is 6. The van der Waals surface area contributed by atoms with Crippen LogP contribution in [0.15, 0.2) is 36.4 Å². The summed E-state index contributed by atoms with van der Waals surface area (Å²) >= 11 is 0. The molecule has 0 spiro atoms. The summed E-state index contributed by atoms with van der Waals surface area (Å²) < 4.78 is 1.97. The summed E-state index contributed by atoms with van der Waals surface area (Å²) in [6.07, 6.45) is 5.98. The monoisotopic (exact) mass is 403 g/mol. The number of hydrogen-bond acceptors (Lipinski definition) is 4. The number of amides is 1. The highest BCUT2D eigenvalue weighted by Gasteiger charge is 2.15. The molecule has 6 heteroatoms. The number of fused-ring (bicyclic) bond motifs is 1. The van der Waals surface area contributed by atoms with Gasteiger partial charge in [-0.15, -0.1) is 0 Å². The van der Waals surface area contributed by atoms with Crippen molar-refractivity contribution in [3.63, 3.8) is 0 Å².